The first-order valence-corrected chi connectivity index (χ1v) is 11.7. The number of aromatic nitrogens is 4. The molecule has 4 aromatic rings. The van der Waals surface area contributed by atoms with Crippen molar-refractivity contribution < 1.29 is 4.74 Å². The van der Waals surface area contributed by atoms with Crippen LogP contribution in [-0.2, 0) is 4.74 Å². The van der Waals surface area contributed by atoms with Gasteiger partial charge in [0.25, 0.3) is 0 Å². The average molecular weight is 424 g/mol. The minimum atomic E-state index is 0.397. The topological polar surface area (TPSA) is 55.6 Å². The summed E-state index contributed by atoms with van der Waals surface area (Å²) in [6.07, 6.45) is 11.3. The van der Waals surface area contributed by atoms with Gasteiger partial charge in [0.05, 0.1) is 21.7 Å². The van der Waals surface area contributed by atoms with Gasteiger partial charge in [0.1, 0.15) is 0 Å². The first-order chi connectivity index (χ1) is 14.3. The Morgan fingerprint density at radius 3 is 2.83 bits per heavy atom. The minimum absolute atomic E-state index is 0.397. The van der Waals surface area contributed by atoms with Crippen LogP contribution in [0.2, 0.25) is 0 Å². The fourth-order valence-electron chi connectivity index (χ4n) is 4.46. The fraction of sp³-hybridized carbons (Fsp3) is 0.381. The molecular weight excluding hydrogens is 402 g/mol. The van der Waals surface area contributed by atoms with Crippen molar-refractivity contribution >= 4 is 44.9 Å². The number of piperidine rings is 1. The number of nitrogens with zero attached hydrogens (tertiary/aromatic N) is 5. The van der Waals surface area contributed by atoms with E-state index in [9.17, 15) is 0 Å². The monoisotopic (exact) mass is 423 g/mol. The zero-order valence-electron chi connectivity index (χ0n) is 16.0. The van der Waals surface area contributed by atoms with Crippen LogP contribution >= 0.6 is 23.1 Å². The Morgan fingerprint density at radius 2 is 1.97 bits per heavy atom. The molecule has 6 heterocycles. The number of fused-ring (bicyclic) bond motifs is 2. The highest BCUT2D eigenvalue weighted by Gasteiger charge is 2.38. The maximum absolute atomic E-state index is 5.68. The normalized spacial score (nSPS) is 19.0. The van der Waals surface area contributed by atoms with Crippen molar-refractivity contribution in [1.29, 1.82) is 0 Å². The summed E-state index contributed by atoms with van der Waals surface area (Å²) in [4.78, 5) is 18.6. The SMILES string of the molecule is c1cc(Sc2cnc(N3CCC4(CCOC4)CC3)n3ccnc23)c2sccc2n1. The molecule has 2 saturated heterocycles. The fourth-order valence-corrected chi connectivity index (χ4v) is 6.40. The maximum atomic E-state index is 5.68. The van der Waals surface area contributed by atoms with Crippen LogP contribution in [0, 0.1) is 5.41 Å². The average Bonchev–Trinajstić information content (AvgIpc) is 3.50. The Balaban J connectivity index is 1.31. The number of hydrogen-bond donors (Lipinski definition) is 0. The van der Waals surface area contributed by atoms with Crippen molar-refractivity contribution in [3.8, 4) is 0 Å². The van der Waals surface area contributed by atoms with E-state index in [1.165, 1.54) is 28.9 Å². The summed E-state index contributed by atoms with van der Waals surface area (Å²) in [7, 11) is 0. The summed E-state index contributed by atoms with van der Waals surface area (Å²) in [6, 6.07) is 4.14. The lowest BCUT2D eigenvalue weighted by molar-refractivity contribution is 0.133. The van der Waals surface area contributed by atoms with Crippen LogP contribution in [0.3, 0.4) is 0 Å². The van der Waals surface area contributed by atoms with Crippen molar-refractivity contribution in [3.05, 3.63) is 42.3 Å². The molecule has 29 heavy (non-hydrogen) atoms. The van der Waals surface area contributed by atoms with Crippen molar-refractivity contribution in [2.75, 3.05) is 31.2 Å². The first kappa shape index (κ1) is 17.7. The Kier molecular flexibility index (Phi) is 4.25. The van der Waals surface area contributed by atoms with Crippen LogP contribution in [-0.4, -0.2) is 45.7 Å². The van der Waals surface area contributed by atoms with Crippen LogP contribution in [0.5, 0.6) is 0 Å². The van der Waals surface area contributed by atoms with Gasteiger partial charge in [-0.2, -0.15) is 0 Å². The smallest absolute Gasteiger partial charge is 0.211 e. The number of hydrogen-bond acceptors (Lipinski definition) is 7. The molecule has 0 unspecified atom stereocenters. The van der Waals surface area contributed by atoms with E-state index < -0.39 is 0 Å². The highest BCUT2D eigenvalue weighted by molar-refractivity contribution is 8.00. The predicted molar refractivity (Wildman–Crippen MR) is 116 cm³/mol. The molecule has 0 aromatic carbocycles. The van der Waals surface area contributed by atoms with Gasteiger partial charge in [-0.3, -0.25) is 9.38 Å². The van der Waals surface area contributed by atoms with E-state index in [4.69, 9.17) is 9.72 Å². The van der Waals surface area contributed by atoms with Crippen LogP contribution in [0.25, 0.3) is 15.9 Å². The third kappa shape index (κ3) is 3.01. The largest absolute Gasteiger partial charge is 0.381 e. The summed E-state index contributed by atoms with van der Waals surface area (Å²) in [6.45, 7) is 3.89. The Morgan fingerprint density at radius 1 is 1.03 bits per heavy atom. The molecule has 2 fully saturated rings. The number of rotatable bonds is 3. The summed E-state index contributed by atoms with van der Waals surface area (Å²) in [5.41, 5.74) is 2.40. The molecule has 6 nitrogen and oxygen atoms in total. The van der Waals surface area contributed by atoms with E-state index in [1.54, 1.807) is 23.1 Å². The zero-order valence-corrected chi connectivity index (χ0v) is 17.6. The number of pyridine rings is 1. The van der Waals surface area contributed by atoms with E-state index in [-0.39, 0.29) is 0 Å². The number of thiophene rings is 1. The second kappa shape index (κ2) is 6.97. The molecular formula is C21H21N5OS2. The van der Waals surface area contributed by atoms with E-state index >= 15 is 0 Å². The Bertz CT molecular complexity index is 1170. The lowest BCUT2D eigenvalue weighted by atomic mass is 9.78. The molecule has 2 aliphatic heterocycles. The van der Waals surface area contributed by atoms with Gasteiger partial charge in [-0.1, -0.05) is 11.8 Å². The first-order valence-electron chi connectivity index (χ1n) is 9.96. The van der Waals surface area contributed by atoms with Crippen LogP contribution < -0.4 is 4.90 Å². The summed E-state index contributed by atoms with van der Waals surface area (Å²) in [5, 5.41) is 2.09. The van der Waals surface area contributed by atoms with Crippen molar-refractivity contribution in [2.45, 2.75) is 29.1 Å². The van der Waals surface area contributed by atoms with Gasteiger partial charge in [0.2, 0.25) is 5.95 Å². The molecule has 0 bridgehead atoms. The molecule has 0 saturated carbocycles. The van der Waals surface area contributed by atoms with E-state index in [1.807, 2.05) is 24.8 Å². The van der Waals surface area contributed by atoms with E-state index in [0.29, 0.717) is 5.41 Å². The molecule has 0 N–H and O–H groups in total. The van der Waals surface area contributed by atoms with Gasteiger partial charge in [-0.15, -0.1) is 11.3 Å². The predicted octanol–water partition coefficient (Wildman–Crippen LogP) is 4.50. The second-order valence-corrected chi connectivity index (χ2v) is 9.88. The molecule has 0 radical (unpaired) electrons. The van der Waals surface area contributed by atoms with Gasteiger partial charge >= 0.3 is 0 Å². The van der Waals surface area contributed by atoms with Crippen LogP contribution in [0.4, 0.5) is 5.95 Å². The third-order valence-corrected chi connectivity index (χ3v) is 8.33. The summed E-state index contributed by atoms with van der Waals surface area (Å²) in [5.74, 6) is 0.992. The van der Waals surface area contributed by atoms with Gasteiger partial charge in [-0.25, -0.2) is 9.97 Å². The van der Waals surface area contributed by atoms with Gasteiger partial charge in [0.15, 0.2) is 5.65 Å². The number of imidazole rings is 1. The molecule has 8 heteroatoms. The van der Waals surface area contributed by atoms with Gasteiger partial charge < -0.3 is 9.64 Å². The van der Waals surface area contributed by atoms with Crippen molar-refractivity contribution in [2.24, 2.45) is 5.41 Å². The highest BCUT2D eigenvalue weighted by atomic mass is 32.2. The van der Waals surface area contributed by atoms with Gasteiger partial charge in [0, 0.05) is 49.4 Å². The molecule has 2 aliphatic rings. The minimum Gasteiger partial charge on any atom is -0.381 e. The Labute approximate surface area is 176 Å². The molecule has 0 atom stereocenters. The Hall–Kier alpha value is -2.16. The molecule has 0 amide bonds. The van der Waals surface area contributed by atoms with Crippen molar-refractivity contribution in [3.63, 3.8) is 0 Å². The second-order valence-electron chi connectivity index (χ2n) is 7.88. The molecule has 0 aliphatic carbocycles. The quantitative estimate of drug-likeness (QED) is 0.484. The molecule has 1 spiro atoms. The molecule has 6 rings (SSSR count). The van der Waals surface area contributed by atoms with E-state index in [0.717, 1.165) is 48.3 Å². The third-order valence-electron chi connectivity index (χ3n) is 6.19. The number of ether oxygens (including phenoxy) is 1. The highest BCUT2D eigenvalue weighted by Crippen LogP contribution is 2.41. The maximum Gasteiger partial charge on any atom is 0.211 e. The molecule has 148 valence electrons. The summed E-state index contributed by atoms with van der Waals surface area (Å²) >= 11 is 3.44. The lowest BCUT2D eigenvalue weighted by Gasteiger charge is -2.38. The summed E-state index contributed by atoms with van der Waals surface area (Å²) < 4.78 is 9.03. The standard InChI is InChI=1S/C21H21N5OS2/c1-6-22-15-2-12-28-18(15)16(1)29-17-13-24-20(26-10-7-23-19(17)26)25-8-3-21(4-9-25)5-11-27-14-21/h1-2,6-7,10,12-13H,3-5,8-9,11,14H2. The van der Waals surface area contributed by atoms with Crippen LogP contribution in [0.15, 0.2) is 52.1 Å². The van der Waals surface area contributed by atoms with Crippen molar-refractivity contribution in [1.82, 2.24) is 19.4 Å². The van der Waals surface area contributed by atoms with Crippen LogP contribution in [0.1, 0.15) is 19.3 Å². The molecule has 4 aromatic heterocycles. The zero-order chi connectivity index (χ0) is 19.3. The number of anilines is 1. The van der Waals surface area contributed by atoms with Gasteiger partial charge in [-0.05, 0) is 42.2 Å². The van der Waals surface area contributed by atoms with E-state index in [2.05, 4.69) is 36.8 Å². The lowest BCUT2D eigenvalue weighted by Crippen LogP contribution is -2.41.